The monoisotopic (exact) mass is 244 g/mol. The number of oxime groups is 1. The van der Waals surface area contributed by atoms with E-state index >= 15 is 0 Å². The van der Waals surface area contributed by atoms with Crippen molar-refractivity contribution in [3.05, 3.63) is 28.2 Å². The van der Waals surface area contributed by atoms with Crippen LogP contribution in [0.3, 0.4) is 0 Å². The Hall–Kier alpha value is -1.23. The lowest BCUT2D eigenvalue weighted by Gasteiger charge is -2.04. The van der Waals surface area contributed by atoms with Gasteiger partial charge in [-0.3, -0.25) is 0 Å². The van der Waals surface area contributed by atoms with E-state index in [4.69, 9.17) is 15.7 Å². The second-order valence-electron chi connectivity index (χ2n) is 2.33. The van der Waals surface area contributed by atoms with Crippen molar-refractivity contribution in [1.82, 2.24) is 0 Å². The Morgan fingerprint density at radius 3 is 2.85 bits per heavy atom. The minimum absolute atomic E-state index is 0.0470. The van der Waals surface area contributed by atoms with Crippen LogP contribution in [0.4, 0.5) is 0 Å². The Labute approximate surface area is 84.1 Å². The first kappa shape index (κ1) is 9.85. The Morgan fingerprint density at radius 2 is 2.31 bits per heavy atom. The second-order valence-corrected chi connectivity index (χ2v) is 3.19. The molecule has 0 amide bonds. The quantitative estimate of drug-likeness (QED) is 0.359. The molecule has 3 N–H and O–H groups in total. The number of amidine groups is 1. The number of methoxy groups -OCH3 is 1. The number of nitrogens with two attached hydrogens (primary N) is 1. The fraction of sp³-hybridized carbons (Fsp3) is 0.125. The van der Waals surface area contributed by atoms with Gasteiger partial charge in [0.05, 0.1) is 7.11 Å². The smallest absolute Gasteiger partial charge is 0.171 e. The summed E-state index contributed by atoms with van der Waals surface area (Å²) < 4.78 is 5.74. The summed E-state index contributed by atoms with van der Waals surface area (Å²) in [5.41, 5.74) is 6.03. The average molecular weight is 245 g/mol. The highest BCUT2D eigenvalue weighted by Crippen LogP contribution is 2.21. The van der Waals surface area contributed by atoms with Crippen LogP contribution in [-0.2, 0) is 0 Å². The van der Waals surface area contributed by atoms with Crippen molar-refractivity contribution in [3.8, 4) is 5.75 Å². The molecule has 1 aromatic rings. The largest absolute Gasteiger partial charge is 0.497 e. The molecule has 0 fully saturated rings. The molecule has 70 valence electrons. The highest BCUT2D eigenvalue weighted by Gasteiger charge is 2.05. The Balaban J connectivity index is 3.19. The molecular weight excluding hydrogens is 236 g/mol. The number of nitrogens with zero attached hydrogens (tertiary/aromatic N) is 1. The zero-order chi connectivity index (χ0) is 9.84. The summed E-state index contributed by atoms with van der Waals surface area (Å²) in [5.74, 6) is 0.704. The van der Waals surface area contributed by atoms with E-state index in [1.165, 1.54) is 0 Å². The highest BCUT2D eigenvalue weighted by atomic mass is 79.9. The van der Waals surface area contributed by atoms with E-state index in [1.807, 2.05) is 0 Å². The van der Waals surface area contributed by atoms with Crippen molar-refractivity contribution >= 4 is 21.8 Å². The van der Waals surface area contributed by atoms with Gasteiger partial charge in [-0.2, -0.15) is 0 Å². The average Bonchev–Trinajstić information content (AvgIpc) is 2.17. The van der Waals surface area contributed by atoms with Crippen LogP contribution in [0, 0.1) is 0 Å². The van der Waals surface area contributed by atoms with Gasteiger partial charge in [0.25, 0.3) is 0 Å². The van der Waals surface area contributed by atoms with Crippen molar-refractivity contribution < 1.29 is 9.94 Å². The molecule has 0 spiro atoms. The summed E-state index contributed by atoms with van der Waals surface area (Å²) in [6, 6.07) is 5.23. The molecule has 0 aliphatic rings. The number of halogens is 1. The molecular formula is C8H9BrN2O2. The zero-order valence-electron chi connectivity index (χ0n) is 6.99. The molecule has 5 heteroatoms. The van der Waals surface area contributed by atoms with Crippen LogP contribution in [-0.4, -0.2) is 18.2 Å². The van der Waals surface area contributed by atoms with Crippen molar-refractivity contribution in [1.29, 1.82) is 0 Å². The summed E-state index contributed by atoms with van der Waals surface area (Å²) in [7, 11) is 1.55. The summed E-state index contributed by atoms with van der Waals surface area (Å²) in [6.45, 7) is 0. The van der Waals surface area contributed by atoms with Crippen molar-refractivity contribution in [2.24, 2.45) is 10.9 Å². The molecule has 1 rings (SSSR count). The Kier molecular flexibility index (Phi) is 3.13. The maximum atomic E-state index is 8.48. The molecule has 0 radical (unpaired) electrons. The van der Waals surface area contributed by atoms with E-state index in [9.17, 15) is 0 Å². The first-order valence-corrected chi connectivity index (χ1v) is 4.29. The van der Waals surface area contributed by atoms with Crippen LogP contribution in [0.2, 0.25) is 0 Å². The van der Waals surface area contributed by atoms with E-state index in [-0.39, 0.29) is 5.84 Å². The van der Waals surface area contributed by atoms with Gasteiger partial charge in [-0.1, -0.05) is 21.1 Å². The summed E-state index contributed by atoms with van der Waals surface area (Å²) in [6.07, 6.45) is 0. The van der Waals surface area contributed by atoms with Crippen LogP contribution >= 0.6 is 15.9 Å². The lowest BCUT2D eigenvalue weighted by molar-refractivity contribution is 0.318. The third-order valence-electron chi connectivity index (χ3n) is 1.56. The zero-order valence-corrected chi connectivity index (χ0v) is 8.58. The fourth-order valence-electron chi connectivity index (χ4n) is 0.882. The highest BCUT2D eigenvalue weighted by molar-refractivity contribution is 9.10. The van der Waals surface area contributed by atoms with Gasteiger partial charge in [-0.15, -0.1) is 0 Å². The molecule has 0 aromatic heterocycles. The van der Waals surface area contributed by atoms with Gasteiger partial charge < -0.3 is 15.7 Å². The van der Waals surface area contributed by atoms with Gasteiger partial charge in [0.15, 0.2) is 5.84 Å². The predicted molar refractivity (Wildman–Crippen MR) is 53.2 cm³/mol. The SMILES string of the molecule is COc1ccc(Br)c(/C(N)=N/O)c1. The number of benzene rings is 1. The number of rotatable bonds is 2. The lowest BCUT2D eigenvalue weighted by Crippen LogP contribution is -2.13. The molecule has 0 saturated carbocycles. The minimum Gasteiger partial charge on any atom is -0.497 e. The number of hydrogen-bond acceptors (Lipinski definition) is 3. The molecule has 0 bridgehead atoms. The van der Waals surface area contributed by atoms with Gasteiger partial charge in [-0.05, 0) is 18.2 Å². The number of hydrogen-bond donors (Lipinski definition) is 2. The van der Waals surface area contributed by atoms with Crippen LogP contribution in [0.1, 0.15) is 5.56 Å². The van der Waals surface area contributed by atoms with E-state index in [0.717, 1.165) is 4.47 Å². The molecule has 0 aliphatic carbocycles. The van der Waals surface area contributed by atoms with Gasteiger partial charge in [-0.25, -0.2) is 0 Å². The molecule has 0 saturated heterocycles. The number of ether oxygens (including phenoxy) is 1. The topological polar surface area (TPSA) is 67.8 Å². The van der Waals surface area contributed by atoms with E-state index in [1.54, 1.807) is 25.3 Å². The third-order valence-corrected chi connectivity index (χ3v) is 2.25. The van der Waals surface area contributed by atoms with Crippen LogP contribution in [0.5, 0.6) is 5.75 Å². The van der Waals surface area contributed by atoms with Crippen LogP contribution in [0.25, 0.3) is 0 Å². The summed E-state index contributed by atoms with van der Waals surface area (Å²) in [5, 5.41) is 11.4. The van der Waals surface area contributed by atoms with E-state index < -0.39 is 0 Å². The van der Waals surface area contributed by atoms with Crippen LogP contribution in [0.15, 0.2) is 27.8 Å². The van der Waals surface area contributed by atoms with E-state index in [0.29, 0.717) is 11.3 Å². The van der Waals surface area contributed by atoms with Crippen molar-refractivity contribution in [3.63, 3.8) is 0 Å². The van der Waals surface area contributed by atoms with Crippen LogP contribution < -0.4 is 10.5 Å². The first-order valence-electron chi connectivity index (χ1n) is 3.50. The van der Waals surface area contributed by atoms with Crippen molar-refractivity contribution in [2.45, 2.75) is 0 Å². The molecule has 4 nitrogen and oxygen atoms in total. The summed E-state index contributed by atoms with van der Waals surface area (Å²) >= 11 is 3.27. The van der Waals surface area contributed by atoms with Gasteiger partial charge in [0, 0.05) is 10.0 Å². The minimum atomic E-state index is 0.0470. The maximum Gasteiger partial charge on any atom is 0.171 e. The predicted octanol–water partition coefficient (Wildman–Crippen LogP) is 1.55. The third kappa shape index (κ3) is 2.12. The lowest BCUT2D eigenvalue weighted by atomic mass is 10.2. The normalized spacial score (nSPS) is 11.4. The molecule has 0 aliphatic heterocycles. The summed E-state index contributed by atoms with van der Waals surface area (Å²) in [4.78, 5) is 0. The van der Waals surface area contributed by atoms with Crippen molar-refractivity contribution in [2.75, 3.05) is 7.11 Å². The van der Waals surface area contributed by atoms with E-state index in [2.05, 4.69) is 21.1 Å². The standard InChI is InChI=1S/C8H9BrN2O2/c1-13-5-2-3-7(9)6(4-5)8(10)11-12/h2-4,12H,1H3,(H2,10,11). The maximum absolute atomic E-state index is 8.48. The molecule has 13 heavy (non-hydrogen) atoms. The van der Waals surface area contributed by atoms with Gasteiger partial charge >= 0.3 is 0 Å². The van der Waals surface area contributed by atoms with Gasteiger partial charge in [0.2, 0.25) is 0 Å². The Bertz CT molecular complexity index is 339. The fourth-order valence-corrected chi connectivity index (χ4v) is 1.33. The molecule has 1 aromatic carbocycles. The molecule has 0 unspecified atom stereocenters. The second kappa shape index (κ2) is 4.13. The van der Waals surface area contributed by atoms with Gasteiger partial charge in [0.1, 0.15) is 5.75 Å². The molecule has 0 heterocycles. The molecule has 0 atom stereocenters. The first-order chi connectivity index (χ1) is 6.19. The Morgan fingerprint density at radius 1 is 1.62 bits per heavy atom.